The molecule has 6 atom stereocenters. The van der Waals surface area contributed by atoms with Gasteiger partial charge in [0.25, 0.3) is 0 Å². The topological polar surface area (TPSA) is 192 Å². The van der Waals surface area contributed by atoms with Crippen LogP contribution in [0.4, 0.5) is 0 Å². The van der Waals surface area contributed by atoms with Crippen molar-refractivity contribution in [3.05, 3.63) is 24.3 Å². The summed E-state index contributed by atoms with van der Waals surface area (Å²) in [6.45, 7) is 4.25. The van der Waals surface area contributed by atoms with Gasteiger partial charge in [0.05, 0.1) is 13.2 Å². The molecule has 65 heavy (non-hydrogen) atoms. The number of phosphoric ester groups is 1. The summed E-state index contributed by atoms with van der Waals surface area (Å²) < 4.78 is 34.3. The minimum absolute atomic E-state index is 0.0797. The zero-order valence-corrected chi connectivity index (χ0v) is 42.2. The smallest absolute Gasteiger partial charge is 0.457 e. The van der Waals surface area contributed by atoms with Crippen LogP contribution < -0.4 is 0 Å². The van der Waals surface area contributed by atoms with Crippen molar-refractivity contribution in [1.82, 2.24) is 0 Å². The lowest BCUT2D eigenvalue weighted by Crippen LogP contribution is -2.64. The molecule has 6 unspecified atom stereocenters. The first-order valence-corrected chi connectivity index (χ1v) is 28.2. The van der Waals surface area contributed by atoms with Crippen molar-refractivity contribution >= 4 is 13.8 Å². The molecule has 1 aliphatic rings. The third-order valence-corrected chi connectivity index (χ3v) is 13.6. The predicted octanol–water partition coefficient (Wildman–Crippen LogP) is 12.0. The number of aliphatic hydroxyl groups is 5. The van der Waals surface area contributed by atoms with Crippen LogP contribution in [0.15, 0.2) is 24.3 Å². The van der Waals surface area contributed by atoms with E-state index in [0.717, 1.165) is 57.8 Å². The molecule has 1 rings (SSSR count). The highest BCUT2D eigenvalue weighted by Crippen LogP contribution is 2.47. The lowest BCUT2D eigenvalue weighted by Gasteiger charge is -2.41. The van der Waals surface area contributed by atoms with Crippen LogP contribution in [0.3, 0.4) is 0 Å². The SMILES string of the molecule is CCCCC/C=C\C/C=C\CCCCCCCCOCC(COP(=O)(O)OC1C(O)C(O)C(O)C(O)C1O)OC(=O)CCCCCCCCCCCCCCCCCCCCCCCC. The predicted molar refractivity (Wildman–Crippen MR) is 263 cm³/mol. The molecule has 6 N–H and O–H groups in total. The van der Waals surface area contributed by atoms with E-state index in [2.05, 4.69) is 38.2 Å². The third-order valence-electron chi connectivity index (χ3n) is 12.6. The summed E-state index contributed by atoms with van der Waals surface area (Å²) in [4.78, 5) is 23.3. The molecule has 0 heterocycles. The van der Waals surface area contributed by atoms with Gasteiger partial charge >= 0.3 is 13.8 Å². The Bertz CT molecular complexity index is 1170. The van der Waals surface area contributed by atoms with Gasteiger partial charge in [0.2, 0.25) is 0 Å². The highest BCUT2D eigenvalue weighted by Gasteiger charge is 2.51. The largest absolute Gasteiger partial charge is 0.472 e. The van der Waals surface area contributed by atoms with Crippen molar-refractivity contribution in [2.24, 2.45) is 0 Å². The Balaban J connectivity index is 2.30. The summed E-state index contributed by atoms with van der Waals surface area (Å²) >= 11 is 0. The maximum atomic E-state index is 12.9. The lowest BCUT2D eigenvalue weighted by atomic mass is 9.85. The number of phosphoric acid groups is 1. The van der Waals surface area contributed by atoms with Crippen LogP contribution in [-0.2, 0) is 27.9 Å². The van der Waals surface area contributed by atoms with E-state index in [-0.39, 0.29) is 13.0 Å². The fraction of sp³-hybridized carbons (Fsp3) is 0.904. The number of carbonyl (C=O) groups excluding carboxylic acids is 1. The number of ether oxygens (including phenoxy) is 2. The van der Waals surface area contributed by atoms with Gasteiger partial charge in [-0.25, -0.2) is 4.57 Å². The molecule has 0 radical (unpaired) electrons. The molecule has 13 heteroatoms. The van der Waals surface area contributed by atoms with Gasteiger partial charge < -0.3 is 39.9 Å². The van der Waals surface area contributed by atoms with Crippen LogP contribution in [0.25, 0.3) is 0 Å². The zero-order chi connectivity index (χ0) is 47.6. The van der Waals surface area contributed by atoms with E-state index in [1.807, 2.05) is 0 Å². The zero-order valence-electron chi connectivity index (χ0n) is 41.3. The highest BCUT2D eigenvalue weighted by molar-refractivity contribution is 7.47. The van der Waals surface area contributed by atoms with Crippen LogP contribution in [0.5, 0.6) is 0 Å². The van der Waals surface area contributed by atoms with Crippen molar-refractivity contribution in [2.75, 3.05) is 19.8 Å². The Morgan fingerprint density at radius 1 is 0.492 bits per heavy atom. The molecule has 0 bridgehead atoms. The van der Waals surface area contributed by atoms with Crippen molar-refractivity contribution in [3.8, 4) is 0 Å². The Labute approximate surface area is 396 Å². The molecular formula is C52H99O12P. The fourth-order valence-corrected chi connectivity index (χ4v) is 9.30. The lowest BCUT2D eigenvalue weighted by molar-refractivity contribution is -0.220. The van der Waals surface area contributed by atoms with Crippen molar-refractivity contribution in [2.45, 2.75) is 281 Å². The third kappa shape index (κ3) is 34.7. The second-order valence-electron chi connectivity index (χ2n) is 18.7. The molecule has 384 valence electrons. The van der Waals surface area contributed by atoms with E-state index in [0.29, 0.717) is 13.0 Å². The normalized spacial score (nSPS) is 21.7. The van der Waals surface area contributed by atoms with Gasteiger partial charge in [0, 0.05) is 13.0 Å². The first-order valence-electron chi connectivity index (χ1n) is 26.7. The van der Waals surface area contributed by atoms with Gasteiger partial charge in [-0.2, -0.15) is 0 Å². The average molecular weight is 947 g/mol. The van der Waals surface area contributed by atoms with Crippen LogP contribution in [0.2, 0.25) is 0 Å². The van der Waals surface area contributed by atoms with Crippen LogP contribution in [0.1, 0.15) is 239 Å². The van der Waals surface area contributed by atoms with Crippen molar-refractivity contribution in [3.63, 3.8) is 0 Å². The summed E-state index contributed by atoms with van der Waals surface area (Å²) in [6.07, 6.45) is 38.2. The molecule has 0 saturated heterocycles. The summed E-state index contributed by atoms with van der Waals surface area (Å²) in [5, 5.41) is 50.3. The number of unbranched alkanes of at least 4 members (excludes halogenated alkanes) is 30. The molecule has 0 aromatic rings. The van der Waals surface area contributed by atoms with Crippen LogP contribution in [-0.4, -0.2) is 98.9 Å². The fourth-order valence-electron chi connectivity index (χ4n) is 8.33. The van der Waals surface area contributed by atoms with E-state index >= 15 is 0 Å². The molecule has 1 fully saturated rings. The standard InChI is InChI=1S/C52H99O12P/c1-3-5-7-9-11-13-15-17-19-21-22-23-24-25-26-27-29-31-33-35-37-39-41-46(53)63-45(44-62-65(59,60)64-52-50(57)48(55)47(54)49(56)51(52)58)43-61-42-40-38-36-34-32-30-28-20-18-16-14-12-10-8-6-4-2/h12,14,18,20,45,47-52,54-58H,3-11,13,15-17,19,21-44H2,1-2H3,(H,59,60)/b14-12-,20-18-. The van der Waals surface area contributed by atoms with Gasteiger partial charge in [0.15, 0.2) is 0 Å². The quantitative estimate of drug-likeness (QED) is 0.0147. The second kappa shape index (κ2) is 42.9. The van der Waals surface area contributed by atoms with Gasteiger partial charge in [-0.15, -0.1) is 0 Å². The maximum Gasteiger partial charge on any atom is 0.472 e. The number of carbonyl (C=O) groups is 1. The monoisotopic (exact) mass is 947 g/mol. The molecule has 0 amide bonds. The van der Waals surface area contributed by atoms with Crippen LogP contribution >= 0.6 is 7.82 Å². The van der Waals surface area contributed by atoms with E-state index in [4.69, 9.17) is 18.5 Å². The molecule has 0 aromatic heterocycles. The molecule has 1 aliphatic carbocycles. The van der Waals surface area contributed by atoms with Gasteiger partial charge in [0.1, 0.15) is 42.7 Å². The van der Waals surface area contributed by atoms with Crippen LogP contribution in [0, 0.1) is 0 Å². The van der Waals surface area contributed by atoms with Crippen molar-refractivity contribution < 1.29 is 58.3 Å². The van der Waals surface area contributed by atoms with Crippen molar-refractivity contribution in [1.29, 1.82) is 0 Å². The Hall–Kier alpha value is -1.18. The summed E-state index contributed by atoms with van der Waals surface area (Å²) in [6, 6.07) is 0. The molecule has 0 spiro atoms. The second-order valence-corrected chi connectivity index (χ2v) is 20.1. The minimum atomic E-state index is -5.02. The molecule has 12 nitrogen and oxygen atoms in total. The van der Waals surface area contributed by atoms with E-state index in [9.17, 15) is 39.8 Å². The molecule has 0 aliphatic heterocycles. The number of aliphatic hydroxyl groups excluding tert-OH is 5. The number of hydrogen-bond donors (Lipinski definition) is 6. The number of allylic oxidation sites excluding steroid dienone is 4. The Morgan fingerprint density at radius 3 is 1.32 bits per heavy atom. The first-order chi connectivity index (χ1) is 31.5. The minimum Gasteiger partial charge on any atom is -0.457 e. The van der Waals surface area contributed by atoms with Gasteiger partial charge in [-0.3, -0.25) is 13.8 Å². The summed E-state index contributed by atoms with van der Waals surface area (Å²) in [7, 11) is -5.02. The first kappa shape index (κ1) is 61.8. The average Bonchev–Trinajstić information content (AvgIpc) is 3.29. The van der Waals surface area contributed by atoms with E-state index in [1.165, 1.54) is 154 Å². The number of rotatable bonds is 46. The summed E-state index contributed by atoms with van der Waals surface area (Å²) in [5.74, 6) is -0.476. The molecular weight excluding hydrogens is 848 g/mol. The Kier molecular flexibility index (Phi) is 40.8. The Morgan fingerprint density at radius 2 is 0.862 bits per heavy atom. The van der Waals surface area contributed by atoms with E-state index < -0.39 is 63.1 Å². The highest BCUT2D eigenvalue weighted by atomic mass is 31.2. The maximum absolute atomic E-state index is 12.9. The molecule has 1 saturated carbocycles. The van der Waals surface area contributed by atoms with Gasteiger partial charge in [-0.05, 0) is 44.9 Å². The summed E-state index contributed by atoms with van der Waals surface area (Å²) in [5.41, 5.74) is 0. The number of hydrogen-bond acceptors (Lipinski definition) is 11. The van der Waals surface area contributed by atoms with Gasteiger partial charge in [-0.1, -0.05) is 212 Å². The number of esters is 1. The molecule has 0 aromatic carbocycles. The van der Waals surface area contributed by atoms with E-state index in [1.54, 1.807) is 0 Å².